The van der Waals surface area contributed by atoms with Crippen molar-refractivity contribution < 1.29 is 14.7 Å². The molecular weight excluding hydrogens is 246 g/mol. The molecule has 1 heterocycles. The number of hydrogen-bond acceptors (Lipinski definition) is 3. The van der Waals surface area contributed by atoms with Crippen molar-refractivity contribution in [3.63, 3.8) is 0 Å². The Hall–Kier alpha value is -1.56. The average molecular weight is 260 g/mol. The topological polar surface area (TPSA) is 84.2 Å². The smallest absolute Gasteiger partial charge is 0.303 e. The maximum atomic E-state index is 11.7. The molecule has 0 unspecified atom stereocenters. The van der Waals surface area contributed by atoms with Gasteiger partial charge in [-0.25, -0.2) is 0 Å². The molecule has 1 rings (SSSR count). The highest BCUT2D eigenvalue weighted by molar-refractivity contribution is 6.33. The third-order valence-electron chi connectivity index (χ3n) is 2.23. The molecular formula is C10H14ClN3O3. The van der Waals surface area contributed by atoms with E-state index in [0.717, 1.165) is 0 Å². The van der Waals surface area contributed by atoms with Crippen molar-refractivity contribution in [2.75, 3.05) is 6.54 Å². The van der Waals surface area contributed by atoms with Crippen molar-refractivity contribution in [2.45, 2.75) is 19.8 Å². The number of carbonyl (C=O) groups excluding carboxylic acids is 1. The zero-order valence-electron chi connectivity index (χ0n) is 9.66. The second-order valence-corrected chi connectivity index (χ2v) is 3.99. The fourth-order valence-corrected chi connectivity index (χ4v) is 1.68. The Labute approximate surface area is 104 Å². The van der Waals surface area contributed by atoms with Gasteiger partial charge in [-0.1, -0.05) is 11.6 Å². The number of aliphatic carboxylic acids is 1. The van der Waals surface area contributed by atoms with Gasteiger partial charge in [-0.2, -0.15) is 5.10 Å². The van der Waals surface area contributed by atoms with Crippen LogP contribution < -0.4 is 5.32 Å². The van der Waals surface area contributed by atoms with Crippen LogP contribution in [-0.4, -0.2) is 33.3 Å². The van der Waals surface area contributed by atoms with Crippen molar-refractivity contribution in [1.29, 1.82) is 0 Å². The lowest BCUT2D eigenvalue weighted by atomic mass is 10.2. The number of amides is 1. The number of halogens is 1. The summed E-state index contributed by atoms with van der Waals surface area (Å²) in [6, 6.07) is 0. The number of aromatic nitrogens is 2. The van der Waals surface area contributed by atoms with Crippen LogP contribution in [0.25, 0.3) is 0 Å². The third kappa shape index (κ3) is 3.45. The lowest BCUT2D eigenvalue weighted by Crippen LogP contribution is -2.25. The van der Waals surface area contributed by atoms with Crippen LogP contribution in [0.15, 0.2) is 0 Å². The molecule has 6 nitrogen and oxygen atoms in total. The first-order chi connectivity index (χ1) is 7.93. The molecule has 0 radical (unpaired) electrons. The highest BCUT2D eigenvalue weighted by atomic mass is 35.5. The van der Waals surface area contributed by atoms with Crippen LogP contribution in [0.5, 0.6) is 0 Å². The molecule has 0 aliphatic rings. The number of carboxylic acids is 1. The van der Waals surface area contributed by atoms with E-state index in [0.29, 0.717) is 24.2 Å². The summed E-state index contributed by atoms with van der Waals surface area (Å²) in [6.07, 6.45) is 0.415. The van der Waals surface area contributed by atoms with Gasteiger partial charge in [0.25, 0.3) is 5.91 Å². The molecule has 0 atom stereocenters. The number of carboxylic acid groups (broad SMARTS) is 1. The van der Waals surface area contributed by atoms with E-state index in [2.05, 4.69) is 10.4 Å². The largest absolute Gasteiger partial charge is 0.481 e. The van der Waals surface area contributed by atoms with Gasteiger partial charge in [0.1, 0.15) is 5.15 Å². The minimum absolute atomic E-state index is 0.0278. The highest BCUT2D eigenvalue weighted by Crippen LogP contribution is 2.18. The summed E-state index contributed by atoms with van der Waals surface area (Å²) >= 11 is 5.92. The van der Waals surface area contributed by atoms with E-state index in [1.54, 1.807) is 14.0 Å². The lowest BCUT2D eigenvalue weighted by Gasteiger charge is -2.03. The molecule has 94 valence electrons. The molecule has 1 aromatic rings. The van der Waals surface area contributed by atoms with E-state index in [4.69, 9.17) is 16.7 Å². The molecule has 17 heavy (non-hydrogen) atoms. The van der Waals surface area contributed by atoms with Gasteiger partial charge in [-0.15, -0.1) is 0 Å². The summed E-state index contributed by atoms with van der Waals surface area (Å²) in [4.78, 5) is 22.0. The number of aryl methyl sites for hydroxylation is 2. The Balaban J connectivity index is 2.55. The van der Waals surface area contributed by atoms with Gasteiger partial charge in [0, 0.05) is 20.0 Å². The second-order valence-electron chi connectivity index (χ2n) is 3.63. The number of nitrogens with one attached hydrogen (secondary N) is 1. The Morgan fingerprint density at radius 3 is 2.65 bits per heavy atom. The minimum atomic E-state index is -0.880. The van der Waals surface area contributed by atoms with E-state index in [9.17, 15) is 9.59 Å². The summed E-state index contributed by atoms with van der Waals surface area (Å²) in [5.74, 6) is -1.21. The average Bonchev–Trinajstić information content (AvgIpc) is 2.48. The van der Waals surface area contributed by atoms with Crippen molar-refractivity contribution in [1.82, 2.24) is 15.1 Å². The molecule has 0 aliphatic heterocycles. The normalized spacial score (nSPS) is 10.3. The predicted molar refractivity (Wildman–Crippen MR) is 62.2 cm³/mol. The van der Waals surface area contributed by atoms with E-state index < -0.39 is 5.97 Å². The van der Waals surface area contributed by atoms with Crippen LogP contribution in [0.3, 0.4) is 0 Å². The third-order valence-corrected chi connectivity index (χ3v) is 2.67. The van der Waals surface area contributed by atoms with Crippen molar-refractivity contribution in [3.05, 3.63) is 16.4 Å². The van der Waals surface area contributed by atoms with E-state index in [1.165, 1.54) is 4.68 Å². The highest BCUT2D eigenvalue weighted by Gasteiger charge is 2.18. The Morgan fingerprint density at radius 1 is 1.53 bits per heavy atom. The molecule has 7 heteroatoms. The summed E-state index contributed by atoms with van der Waals surface area (Å²) in [7, 11) is 1.65. The molecule has 0 aromatic carbocycles. The molecule has 1 amide bonds. The van der Waals surface area contributed by atoms with E-state index in [-0.39, 0.29) is 17.5 Å². The SMILES string of the molecule is Cc1nn(C)c(Cl)c1C(=O)NCCCC(=O)O. The van der Waals surface area contributed by atoms with Crippen LogP contribution in [0.4, 0.5) is 0 Å². The predicted octanol–water partition coefficient (Wildman–Crippen LogP) is 0.977. The first-order valence-electron chi connectivity index (χ1n) is 5.12. The summed E-state index contributed by atoms with van der Waals surface area (Å²) in [5.41, 5.74) is 0.887. The first kappa shape index (κ1) is 13.5. The second kappa shape index (κ2) is 5.67. The number of carbonyl (C=O) groups is 2. The fraction of sp³-hybridized carbons (Fsp3) is 0.500. The molecule has 0 bridgehead atoms. The molecule has 0 fully saturated rings. The zero-order valence-corrected chi connectivity index (χ0v) is 10.4. The van der Waals surface area contributed by atoms with E-state index in [1.807, 2.05) is 0 Å². The van der Waals surface area contributed by atoms with Gasteiger partial charge in [-0.3, -0.25) is 14.3 Å². The van der Waals surface area contributed by atoms with E-state index >= 15 is 0 Å². The summed E-state index contributed by atoms with van der Waals surface area (Å²) in [5, 5.41) is 15.3. The summed E-state index contributed by atoms with van der Waals surface area (Å²) in [6.45, 7) is 1.99. The fourth-order valence-electron chi connectivity index (χ4n) is 1.42. The first-order valence-corrected chi connectivity index (χ1v) is 5.50. The van der Waals surface area contributed by atoms with Crippen molar-refractivity contribution >= 4 is 23.5 Å². The van der Waals surface area contributed by atoms with Crippen molar-refractivity contribution in [2.24, 2.45) is 7.05 Å². The molecule has 2 N–H and O–H groups in total. The van der Waals surface area contributed by atoms with Gasteiger partial charge in [-0.05, 0) is 13.3 Å². The van der Waals surface area contributed by atoms with Gasteiger partial charge >= 0.3 is 5.97 Å². The van der Waals surface area contributed by atoms with Crippen LogP contribution in [0.1, 0.15) is 28.9 Å². The quantitative estimate of drug-likeness (QED) is 0.772. The van der Waals surface area contributed by atoms with Gasteiger partial charge in [0.05, 0.1) is 11.3 Å². The van der Waals surface area contributed by atoms with Crippen LogP contribution in [0.2, 0.25) is 5.15 Å². The maximum Gasteiger partial charge on any atom is 0.303 e. The standard InChI is InChI=1S/C10H14ClN3O3/c1-6-8(9(11)14(2)13-6)10(17)12-5-3-4-7(15)16/h3-5H2,1-2H3,(H,12,17)(H,15,16). The summed E-state index contributed by atoms with van der Waals surface area (Å²) < 4.78 is 1.42. The molecule has 0 saturated heterocycles. The molecule has 0 spiro atoms. The van der Waals surface area contributed by atoms with Gasteiger partial charge < -0.3 is 10.4 Å². The Bertz CT molecular complexity index is 442. The number of nitrogens with zero attached hydrogens (tertiary/aromatic N) is 2. The Morgan fingerprint density at radius 2 is 2.18 bits per heavy atom. The molecule has 0 saturated carbocycles. The molecule has 0 aliphatic carbocycles. The van der Waals surface area contributed by atoms with Crippen molar-refractivity contribution in [3.8, 4) is 0 Å². The monoisotopic (exact) mass is 259 g/mol. The number of rotatable bonds is 5. The van der Waals surface area contributed by atoms with Crippen LogP contribution in [0, 0.1) is 6.92 Å². The minimum Gasteiger partial charge on any atom is -0.481 e. The van der Waals surface area contributed by atoms with Gasteiger partial charge in [0.2, 0.25) is 0 Å². The zero-order chi connectivity index (χ0) is 13.0. The molecule has 1 aromatic heterocycles. The maximum absolute atomic E-state index is 11.7. The van der Waals surface area contributed by atoms with Gasteiger partial charge in [0.15, 0.2) is 0 Å². The van der Waals surface area contributed by atoms with Crippen LogP contribution in [-0.2, 0) is 11.8 Å². The lowest BCUT2D eigenvalue weighted by molar-refractivity contribution is -0.137. The Kier molecular flexibility index (Phi) is 4.51. The van der Waals surface area contributed by atoms with Crippen LogP contribution >= 0.6 is 11.6 Å². The number of hydrogen-bond donors (Lipinski definition) is 2.